The van der Waals surface area contributed by atoms with E-state index in [1.807, 2.05) is 18.3 Å². The molecule has 6 nitrogen and oxygen atoms in total. The summed E-state index contributed by atoms with van der Waals surface area (Å²) in [4.78, 5) is 13.7. The standard InChI is InChI=1S/C20H29N5OS.HI/c1-4-21-20(24-11-19-25-17(13-27-19)14(2)3)23-10-16-7-8-18(22-9-16)26-12-15-5-6-15;/h7-9,13-15H,4-6,10-12H2,1-3H3,(H2,21,23,24);1H. The third-order valence-electron chi connectivity index (χ3n) is 4.29. The Hall–Kier alpha value is -1.42. The number of pyridine rings is 1. The van der Waals surface area contributed by atoms with Crippen molar-refractivity contribution in [3.05, 3.63) is 40.0 Å². The van der Waals surface area contributed by atoms with Gasteiger partial charge in [0.1, 0.15) is 5.01 Å². The fourth-order valence-electron chi connectivity index (χ4n) is 2.42. The van der Waals surface area contributed by atoms with Crippen molar-refractivity contribution < 1.29 is 4.74 Å². The van der Waals surface area contributed by atoms with E-state index in [-0.39, 0.29) is 24.0 Å². The molecule has 1 aliphatic carbocycles. The number of hydrogen-bond acceptors (Lipinski definition) is 5. The molecule has 2 aromatic heterocycles. The van der Waals surface area contributed by atoms with Gasteiger partial charge >= 0.3 is 0 Å². The minimum atomic E-state index is 0. The summed E-state index contributed by atoms with van der Waals surface area (Å²) in [6.45, 7) is 9.23. The maximum atomic E-state index is 5.68. The van der Waals surface area contributed by atoms with Gasteiger partial charge in [0.15, 0.2) is 5.96 Å². The highest BCUT2D eigenvalue weighted by Gasteiger charge is 2.22. The molecule has 0 radical (unpaired) electrons. The molecule has 0 atom stereocenters. The second-order valence-electron chi connectivity index (χ2n) is 7.13. The molecule has 0 aromatic carbocycles. The van der Waals surface area contributed by atoms with Crippen LogP contribution in [0.2, 0.25) is 0 Å². The van der Waals surface area contributed by atoms with Crippen LogP contribution in [0, 0.1) is 5.92 Å². The lowest BCUT2D eigenvalue weighted by molar-refractivity contribution is 0.288. The molecule has 0 saturated heterocycles. The van der Waals surface area contributed by atoms with Gasteiger partial charge in [-0.15, -0.1) is 35.3 Å². The van der Waals surface area contributed by atoms with E-state index in [9.17, 15) is 0 Å². The Bertz CT molecular complexity index is 743. The van der Waals surface area contributed by atoms with Crippen molar-refractivity contribution in [2.75, 3.05) is 13.2 Å². The van der Waals surface area contributed by atoms with Gasteiger partial charge in [0.2, 0.25) is 5.88 Å². The highest BCUT2D eigenvalue weighted by Crippen LogP contribution is 2.29. The van der Waals surface area contributed by atoms with Gasteiger partial charge in [-0.3, -0.25) is 0 Å². The molecule has 154 valence electrons. The highest BCUT2D eigenvalue weighted by atomic mass is 127. The lowest BCUT2D eigenvalue weighted by Crippen LogP contribution is -2.36. The molecule has 3 rings (SSSR count). The average molecular weight is 515 g/mol. The van der Waals surface area contributed by atoms with Crippen molar-refractivity contribution in [3.63, 3.8) is 0 Å². The topological polar surface area (TPSA) is 71.4 Å². The van der Waals surface area contributed by atoms with Crippen LogP contribution in [0.25, 0.3) is 0 Å². The first kappa shape index (κ1) is 22.9. The van der Waals surface area contributed by atoms with E-state index in [1.54, 1.807) is 11.3 Å². The predicted octanol–water partition coefficient (Wildman–Crippen LogP) is 4.32. The molecule has 8 heteroatoms. The third-order valence-corrected chi connectivity index (χ3v) is 5.16. The van der Waals surface area contributed by atoms with Crippen LogP contribution in [0.1, 0.15) is 55.8 Å². The van der Waals surface area contributed by atoms with E-state index in [2.05, 4.69) is 51.7 Å². The Balaban J connectivity index is 0.00000280. The number of nitrogens with one attached hydrogen (secondary N) is 2. The smallest absolute Gasteiger partial charge is 0.213 e. The Labute approximate surface area is 188 Å². The van der Waals surface area contributed by atoms with Gasteiger partial charge in [0.25, 0.3) is 0 Å². The number of nitrogens with zero attached hydrogens (tertiary/aromatic N) is 3. The number of rotatable bonds is 9. The van der Waals surface area contributed by atoms with Crippen LogP contribution < -0.4 is 15.4 Å². The molecule has 0 unspecified atom stereocenters. The predicted molar refractivity (Wildman–Crippen MR) is 126 cm³/mol. The van der Waals surface area contributed by atoms with Crippen LogP contribution in [0.15, 0.2) is 28.7 Å². The maximum absolute atomic E-state index is 5.68. The fraction of sp³-hybridized carbons (Fsp3) is 0.550. The van der Waals surface area contributed by atoms with Gasteiger partial charge in [-0.2, -0.15) is 0 Å². The second kappa shape index (κ2) is 11.5. The largest absolute Gasteiger partial charge is 0.477 e. The summed E-state index contributed by atoms with van der Waals surface area (Å²) in [6.07, 6.45) is 4.41. The van der Waals surface area contributed by atoms with E-state index >= 15 is 0 Å². The van der Waals surface area contributed by atoms with E-state index in [0.717, 1.165) is 41.3 Å². The molecular formula is C20H30IN5OS. The van der Waals surface area contributed by atoms with Gasteiger partial charge < -0.3 is 15.4 Å². The van der Waals surface area contributed by atoms with Crippen LogP contribution in [-0.4, -0.2) is 29.1 Å². The summed E-state index contributed by atoms with van der Waals surface area (Å²) in [6, 6.07) is 3.95. The minimum Gasteiger partial charge on any atom is -0.477 e. The van der Waals surface area contributed by atoms with Crippen molar-refractivity contribution in [1.29, 1.82) is 0 Å². The molecule has 1 fully saturated rings. The van der Waals surface area contributed by atoms with Gasteiger partial charge in [-0.25, -0.2) is 15.0 Å². The van der Waals surface area contributed by atoms with E-state index in [1.165, 1.54) is 12.8 Å². The van der Waals surface area contributed by atoms with Crippen LogP contribution in [-0.2, 0) is 13.1 Å². The zero-order valence-electron chi connectivity index (χ0n) is 16.8. The SMILES string of the molecule is CCNC(=NCc1ccc(OCC2CC2)nc1)NCc1nc(C(C)C)cs1.I. The van der Waals surface area contributed by atoms with Crippen molar-refractivity contribution in [2.45, 2.75) is 52.6 Å². The number of hydrogen-bond donors (Lipinski definition) is 2. The van der Waals surface area contributed by atoms with Gasteiger partial charge in [0.05, 0.1) is 25.4 Å². The van der Waals surface area contributed by atoms with Crippen molar-refractivity contribution in [3.8, 4) is 5.88 Å². The highest BCUT2D eigenvalue weighted by molar-refractivity contribution is 14.0. The quantitative estimate of drug-likeness (QED) is 0.296. The molecule has 2 N–H and O–H groups in total. The van der Waals surface area contributed by atoms with Crippen LogP contribution >= 0.6 is 35.3 Å². The molecule has 1 saturated carbocycles. The Morgan fingerprint density at radius 2 is 2.14 bits per heavy atom. The first-order valence-electron chi connectivity index (χ1n) is 9.68. The summed E-state index contributed by atoms with van der Waals surface area (Å²) < 4.78 is 5.68. The summed E-state index contributed by atoms with van der Waals surface area (Å²) in [7, 11) is 0. The molecule has 2 aromatic rings. The van der Waals surface area contributed by atoms with Crippen LogP contribution in [0.4, 0.5) is 0 Å². The summed E-state index contributed by atoms with van der Waals surface area (Å²) in [5.41, 5.74) is 2.20. The summed E-state index contributed by atoms with van der Waals surface area (Å²) in [5.74, 6) is 2.68. The van der Waals surface area contributed by atoms with Gasteiger partial charge in [0, 0.05) is 24.2 Å². The summed E-state index contributed by atoms with van der Waals surface area (Å²) >= 11 is 1.68. The van der Waals surface area contributed by atoms with Gasteiger partial charge in [-0.05, 0) is 37.2 Å². The number of ether oxygens (including phenoxy) is 1. The third kappa shape index (κ3) is 7.54. The Morgan fingerprint density at radius 3 is 2.75 bits per heavy atom. The zero-order chi connectivity index (χ0) is 19.1. The zero-order valence-corrected chi connectivity index (χ0v) is 19.9. The van der Waals surface area contributed by atoms with E-state index < -0.39 is 0 Å². The Kier molecular flexibility index (Phi) is 9.43. The molecule has 0 bridgehead atoms. The number of halogens is 1. The fourth-order valence-corrected chi connectivity index (χ4v) is 3.32. The number of aliphatic imine (C=N–C) groups is 1. The number of guanidine groups is 1. The molecule has 0 aliphatic heterocycles. The molecule has 1 aliphatic rings. The van der Waals surface area contributed by atoms with Crippen molar-refractivity contribution in [1.82, 2.24) is 20.6 Å². The first-order valence-corrected chi connectivity index (χ1v) is 10.6. The average Bonchev–Trinajstić information content (AvgIpc) is 3.38. The van der Waals surface area contributed by atoms with Crippen molar-refractivity contribution in [2.24, 2.45) is 10.9 Å². The monoisotopic (exact) mass is 515 g/mol. The lowest BCUT2D eigenvalue weighted by atomic mass is 10.2. The van der Waals surface area contributed by atoms with Crippen LogP contribution in [0.3, 0.4) is 0 Å². The van der Waals surface area contributed by atoms with E-state index in [4.69, 9.17) is 4.74 Å². The minimum absolute atomic E-state index is 0. The molecule has 0 spiro atoms. The number of thiazole rings is 1. The normalized spacial score (nSPS) is 13.9. The number of aromatic nitrogens is 2. The molecule has 2 heterocycles. The van der Waals surface area contributed by atoms with Gasteiger partial charge in [-0.1, -0.05) is 19.9 Å². The summed E-state index contributed by atoms with van der Waals surface area (Å²) in [5, 5.41) is 9.83. The second-order valence-corrected chi connectivity index (χ2v) is 8.07. The Morgan fingerprint density at radius 1 is 1.32 bits per heavy atom. The molecule has 0 amide bonds. The van der Waals surface area contributed by atoms with E-state index in [0.29, 0.717) is 24.9 Å². The first-order chi connectivity index (χ1) is 13.1. The maximum Gasteiger partial charge on any atom is 0.213 e. The van der Waals surface area contributed by atoms with Crippen molar-refractivity contribution >= 4 is 41.3 Å². The molecule has 28 heavy (non-hydrogen) atoms. The lowest BCUT2D eigenvalue weighted by Gasteiger charge is -2.10. The van der Waals surface area contributed by atoms with Crippen LogP contribution in [0.5, 0.6) is 5.88 Å². The molecular weight excluding hydrogens is 485 g/mol.